The summed E-state index contributed by atoms with van der Waals surface area (Å²) in [6, 6.07) is 35.5. The van der Waals surface area contributed by atoms with Gasteiger partial charge in [-0.25, -0.2) is 39.9 Å². The number of nitrogen functional groups attached to an aromatic ring is 4. The van der Waals surface area contributed by atoms with Gasteiger partial charge in [-0.1, -0.05) is 201 Å². The minimum absolute atomic E-state index is 0.00269. The summed E-state index contributed by atoms with van der Waals surface area (Å²) in [4.78, 5) is 84.4. The lowest BCUT2D eigenvalue weighted by atomic mass is 9.93. The van der Waals surface area contributed by atoms with Crippen molar-refractivity contribution in [1.29, 1.82) is 0 Å². The molecule has 0 bridgehead atoms. The number of nitrogens with two attached hydrogens (primary N) is 4. The molecule has 32 heteroatoms. The van der Waals surface area contributed by atoms with Crippen molar-refractivity contribution in [3.8, 4) is 44.5 Å². The third-order valence-electron chi connectivity index (χ3n) is 20.8. The van der Waals surface area contributed by atoms with Crippen LogP contribution in [0.3, 0.4) is 0 Å². The second-order valence-electron chi connectivity index (χ2n) is 35.4. The summed E-state index contributed by atoms with van der Waals surface area (Å²) in [5.74, 6) is 2.58. The molecule has 0 aliphatic carbocycles. The highest BCUT2D eigenvalue weighted by atomic mass is 16.5. The Bertz CT molecular complexity index is 7060. The first-order valence-corrected chi connectivity index (χ1v) is 41.5. The molecule has 0 unspecified atom stereocenters. The second kappa shape index (κ2) is 37.2. The van der Waals surface area contributed by atoms with Crippen molar-refractivity contribution in [3.63, 3.8) is 0 Å². The van der Waals surface area contributed by atoms with E-state index < -0.39 is 43.3 Å². The lowest BCUT2D eigenvalue weighted by Gasteiger charge is -2.12. The molecule has 664 valence electrons. The van der Waals surface area contributed by atoms with Gasteiger partial charge in [-0.2, -0.15) is 0 Å². The van der Waals surface area contributed by atoms with Crippen molar-refractivity contribution in [1.82, 2.24) is 78.8 Å². The number of carbonyl (C=O) groups is 4. The summed E-state index contributed by atoms with van der Waals surface area (Å²) in [6.07, 6.45) is 11.8. The van der Waals surface area contributed by atoms with Gasteiger partial charge in [0, 0.05) is 128 Å². The number of hydrogen-bond donors (Lipinski definition) is 8. The number of amides is 4. The van der Waals surface area contributed by atoms with E-state index in [0.717, 1.165) is 107 Å². The summed E-state index contributed by atoms with van der Waals surface area (Å²) in [5, 5.41) is 29.0. The van der Waals surface area contributed by atoms with E-state index in [4.69, 9.17) is 53.4 Å². The third kappa shape index (κ3) is 21.1. The van der Waals surface area contributed by atoms with E-state index in [0.29, 0.717) is 63.0 Å². The number of benzene rings is 4. The second-order valence-corrected chi connectivity index (χ2v) is 35.4. The molecule has 16 rings (SSSR count). The average Bonchev–Trinajstić information content (AvgIpc) is 1.53. The fourth-order valence-electron chi connectivity index (χ4n) is 14.0. The number of aromatic nitrogens is 16. The smallest absolute Gasteiger partial charge is 0.230 e. The molecule has 4 aromatic carbocycles. The predicted octanol–water partition coefficient (Wildman–Crippen LogP) is 18.9. The number of nitrogens with one attached hydrogen (secondary N) is 4. The van der Waals surface area contributed by atoms with Gasteiger partial charge in [-0.15, -0.1) is 0 Å². The number of hydrogen-bond acceptors (Lipinski definition) is 24. The normalized spacial score (nSPS) is 13.4. The molecule has 0 aliphatic heterocycles. The van der Waals surface area contributed by atoms with E-state index in [-0.39, 0.29) is 88.4 Å². The van der Waals surface area contributed by atoms with Gasteiger partial charge < -0.3 is 80.6 Å². The van der Waals surface area contributed by atoms with E-state index in [2.05, 4.69) is 120 Å². The van der Waals surface area contributed by atoms with Gasteiger partial charge in [0.25, 0.3) is 0 Å². The molecule has 0 fully saturated rings. The van der Waals surface area contributed by atoms with Crippen molar-refractivity contribution in [2.45, 2.75) is 210 Å². The first-order valence-electron chi connectivity index (χ1n) is 46.0. The third-order valence-corrected chi connectivity index (χ3v) is 20.8. The van der Waals surface area contributed by atoms with Crippen LogP contribution in [-0.4, -0.2) is 102 Å². The summed E-state index contributed by atoms with van der Waals surface area (Å²) in [7, 11) is 0. The molecule has 0 spiro atoms. The quantitative estimate of drug-likeness (QED) is 0.0351. The number of anilines is 8. The first kappa shape index (κ1) is 79.2. The van der Waals surface area contributed by atoms with Crippen molar-refractivity contribution in [2.24, 2.45) is 0 Å². The molecule has 0 radical (unpaired) electrons. The van der Waals surface area contributed by atoms with E-state index >= 15 is 0 Å². The van der Waals surface area contributed by atoms with Gasteiger partial charge in [0.2, 0.25) is 23.6 Å². The number of fused-ring (bicyclic) bond motifs is 4. The molecule has 0 saturated heterocycles. The van der Waals surface area contributed by atoms with Crippen LogP contribution in [0, 0.1) is 0 Å². The molecule has 16 aromatic rings. The highest BCUT2D eigenvalue weighted by molar-refractivity contribution is 6.04. The van der Waals surface area contributed by atoms with Gasteiger partial charge in [0.05, 0.1) is 48.6 Å². The number of rotatable bonds is 20. The standard InChI is InChI=1S/4C24H28N6O2/c4*1-14(2)30-12-17(21-22(25)26-13-27-23(21)30)16-8-6-15(7-9-16)10-20(31)28-19-11-18(32-29-19)24(3,4)5/h4*6-9,11-14H,10H2,1-5H3,(H2,25,26,27)(H,28,29,31)/i3D3,4D3;14D;10D2;. The average molecular weight is 1740 g/mol. The van der Waals surface area contributed by atoms with Crippen LogP contribution < -0.4 is 44.2 Å². The SMILES string of the molecule is CC(C)n1cc(-c2ccc(CC(=O)Nc3cc(C(C)(C)C)on3)cc2)c2c(N)ncnc21.[2H]C(C)(C)n1cc(-c2ccc(CC(=O)Nc3cc(C(C)(C)C)on3)cc2)c2c(N)ncnc21.[2H]C([2H])(C(=O)Nc1cc(C(C)(C)C)on1)c1ccc(-c2cn(C(C)C)c3ncnc(N)c23)cc1.[2H]C([2H])([2H])C(C)(c1cc(NC(=O)Cc2ccc(-c3cn(C(C)C)c4ncnc(N)c34)cc2)no1)C([2H])([2H])[2H]. The lowest BCUT2D eigenvalue weighted by Crippen LogP contribution is -2.14. The molecule has 12 N–H and O–H groups in total. The monoisotopic (exact) mass is 1740 g/mol. The van der Waals surface area contributed by atoms with Gasteiger partial charge in [-0.05, 0) is 99.9 Å². The Morgan fingerprint density at radius 3 is 0.828 bits per heavy atom. The van der Waals surface area contributed by atoms with Gasteiger partial charge in [0.15, 0.2) is 23.3 Å². The van der Waals surface area contributed by atoms with Crippen LogP contribution in [0.15, 0.2) is 190 Å². The summed E-state index contributed by atoms with van der Waals surface area (Å²) in [5.41, 5.74) is 34.4. The van der Waals surface area contributed by atoms with Crippen molar-refractivity contribution in [3.05, 3.63) is 217 Å². The zero-order valence-electron chi connectivity index (χ0n) is 83.7. The molecule has 12 aromatic heterocycles. The minimum atomic E-state index is -2.89. The molecule has 32 nitrogen and oxygen atoms in total. The van der Waals surface area contributed by atoms with Gasteiger partial charge >= 0.3 is 0 Å². The van der Waals surface area contributed by atoms with E-state index in [1.54, 1.807) is 60.9 Å². The Kier molecular flexibility index (Phi) is 23.0. The topological polar surface area (TPSA) is 447 Å². The number of nitrogens with zero attached hydrogens (tertiary/aromatic N) is 16. The fraction of sp³-hybridized carbons (Fsp3) is 0.333. The Labute approximate surface area is 754 Å². The van der Waals surface area contributed by atoms with Crippen molar-refractivity contribution in [2.75, 3.05) is 44.2 Å². The first-order chi connectivity index (χ1) is 64.1. The molecule has 12 heterocycles. The van der Waals surface area contributed by atoms with Crippen LogP contribution >= 0.6 is 0 Å². The molecule has 0 atom stereocenters. The Morgan fingerprint density at radius 1 is 0.352 bits per heavy atom. The molecule has 128 heavy (non-hydrogen) atoms. The van der Waals surface area contributed by atoms with Crippen LogP contribution in [0.2, 0.25) is 0 Å². The van der Waals surface area contributed by atoms with Gasteiger partial charge in [0.1, 0.15) is 94.2 Å². The van der Waals surface area contributed by atoms with Crippen molar-refractivity contribution < 1.29 is 49.6 Å². The van der Waals surface area contributed by atoms with Crippen LogP contribution in [0.1, 0.15) is 220 Å². The van der Waals surface area contributed by atoms with Crippen LogP contribution in [0.4, 0.5) is 46.5 Å². The summed E-state index contributed by atoms with van der Waals surface area (Å²) >= 11 is 0. The molecule has 4 amide bonds. The largest absolute Gasteiger partial charge is 0.383 e. The zero-order chi connectivity index (χ0) is 99.9. The highest BCUT2D eigenvalue weighted by Gasteiger charge is 2.28. The predicted molar refractivity (Wildman–Crippen MR) is 501 cm³/mol. The molecule has 0 saturated carbocycles. The maximum absolute atomic E-state index is 12.7. The lowest BCUT2D eigenvalue weighted by molar-refractivity contribution is -0.116. The molecular formula is C96H112N24O8. The maximum Gasteiger partial charge on any atom is 0.230 e. The zero-order valence-corrected chi connectivity index (χ0v) is 74.7. The minimum Gasteiger partial charge on any atom is -0.383 e. The molecular weight excluding hydrogens is 1620 g/mol. The maximum atomic E-state index is 12.7. The van der Waals surface area contributed by atoms with Gasteiger partial charge in [-0.3, -0.25) is 19.2 Å². The van der Waals surface area contributed by atoms with E-state index in [1.165, 1.54) is 25.3 Å². The Morgan fingerprint density at radius 2 is 0.586 bits per heavy atom. The summed E-state index contributed by atoms with van der Waals surface area (Å²) in [6.45, 7) is 29.3. The number of carbonyl (C=O) groups excluding carboxylic acids is 4. The van der Waals surface area contributed by atoms with Crippen molar-refractivity contribution >= 4 is 114 Å². The van der Waals surface area contributed by atoms with Crippen LogP contribution in [0.5, 0.6) is 0 Å². The van der Waals surface area contributed by atoms with Crippen LogP contribution in [-0.2, 0) is 66.5 Å². The molecule has 0 aliphatic rings. The Hall–Kier alpha value is -14.7. The van der Waals surface area contributed by atoms with Crippen LogP contribution in [0.25, 0.3) is 88.6 Å². The highest BCUT2D eigenvalue weighted by Crippen LogP contribution is 2.40. The fourth-order valence-corrected chi connectivity index (χ4v) is 14.0. The Balaban J connectivity index is 0.000000155. The van der Waals surface area contributed by atoms with E-state index in [9.17, 15) is 19.2 Å². The van der Waals surface area contributed by atoms with E-state index in [1.807, 2.05) is 177 Å². The summed E-state index contributed by atoms with van der Waals surface area (Å²) < 4.78 is 100.